The van der Waals surface area contributed by atoms with Crippen LogP contribution in [0.5, 0.6) is 0 Å². The molecule has 0 unspecified atom stereocenters. The average molecular weight is 366 g/mol. The van der Waals surface area contributed by atoms with Crippen LogP contribution in [0.15, 0.2) is 52.9 Å². The highest BCUT2D eigenvalue weighted by atomic mass is 16.5. The minimum absolute atomic E-state index is 0.210. The van der Waals surface area contributed by atoms with Gasteiger partial charge in [0.1, 0.15) is 5.58 Å². The van der Waals surface area contributed by atoms with Gasteiger partial charge in [-0.2, -0.15) is 0 Å². The fourth-order valence-electron chi connectivity index (χ4n) is 3.25. The number of ether oxygens (including phenoxy) is 1. The number of hydrogen-bond donors (Lipinski definition) is 1. The first-order valence-corrected chi connectivity index (χ1v) is 9.23. The fraction of sp³-hybridized carbons (Fsp3) is 0.318. The Hall–Kier alpha value is -2.79. The molecule has 1 amide bonds. The van der Waals surface area contributed by atoms with Crippen molar-refractivity contribution in [1.82, 2.24) is 5.32 Å². The zero-order valence-electron chi connectivity index (χ0n) is 16.1. The molecule has 2 aromatic carbocycles. The van der Waals surface area contributed by atoms with Crippen LogP contribution >= 0.6 is 0 Å². The summed E-state index contributed by atoms with van der Waals surface area (Å²) < 4.78 is 11.1. The summed E-state index contributed by atoms with van der Waals surface area (Å²) in [5, 5.41) is 3.89. The van der Waals surface area contributed by atoms with E-state index in [1.165, 1.54) is 5.56 Å². The number of anilines is 1. The first kappa shape index (κ1) is 19.0. The highest BCUT2D eigenvalue weighted by Crippen LogP contribution is 2.26. The van der Waals surface area contributed by atoms with Crippen LogP contribution in [0.1, 0.15) is 28.6 Å². The van der Waals surface area contributed by atoms with E-state index in [2.05, 4.69) is 48.3 Å². The Morgan fingerprint density at radius 1 is 1.19 bits per heavy atom. The molecule has 0 bridgehead atoms. The van der Waals surface area contributed by atoms with Gasteiger partial charge in [0.05, 0.1) is 6.61 Å². The predicted molar refractivity (Wildman–Crippen MR) is 108 cm³/mol. The molecule has 0 aliphatic rings. The normalized spacial score (nSPS) is 10.9. The van der Waals surface area contributed by atoms with Gasteiger partial charge in [-0.1, -0.05) is 30.3 Å². The van der Waals surface area contributed by atoms with Crippen molar-refractivity contribution in [1.29, 1.82) is 0 Å². The third kappa shape index (κ3) is 4.31. The maximum atomic E-state index is 12.7. The van der Waals surface area contributed by atoms with E-state index in [1.54, 1.807) is 7.11 Å². The maximum Gasteiger partial charge on any atom is 0.287 e. The van der Waals surface area contributed by atoms with Crippen molar-refractivity contribution >= 4 is 22.6 Å². The van der Waals surface area contributed by atoms with E-state index in [0.29, 0.717) is 24.5 Å². The summed E-state index contributed by atoms with van der Waals surface area (Å²) in [4.78, 5) is 14.9. The van der Waals surface area contributed by atoms with Gasteiger partial charge >= 0.3 is 0 Å². The van der Waals surface area contributed by atoms with E-state index < -0.39 is 0 Å². The molecule has 27 heavy (non-hydrogen) atoms. The molecule has 0 aliphatic carbocycles. The molecule has 1 aromatic heterocycles. The number of para-hydroxylation sites is 1. The molecule has 0 atom stereocenters. The number of fused-ring (bicyclic) bond motifs is 1. The molecule has 1 heterocycles. The van der Waals surface area contributed by atoms with Crippen LogP contribution in [0.25, 0.3) is 11.0 Å². The van der Waals surface area contributed by atoms with Crippen LogP contribution in [-0.4, -0.2) is 32.7 Å². The number of nitrogens with one attached hydrogen (secondary N) is 1. The Bertz CT molecular complexity index is 917. The van der Waals surface area contributed by atoms with Gasteiger partial charge in [0.25, 0.3) is 5.91 Å². The Morgan fingerprint density at radius 3 is 2.74 bits per heavy atom. The average Bonchev–Trinajstić information content (AvgIpc) is 3.04. The molecular formula is C22H26N2O3. The van der Waals surface area contributed by atoms with E-state index >= 15 is 0 Å². The van der Waals surface area contributed by atoms with E-state index in [0.717, 1.165) is 29.7 Å². The second-order valence-corrected chi connectivity index (χ2v) is 6.51. The van der Waals surface area contributed by atoms with Crippen LogP contribution in [-0.2, 0) is 11.3 Å². The van der Waals surface area contributed by atoms with Crippen LogP contribution in [0.3, 0.4) is 0 Å². The lowest BCUT2D eigenvalue weighted by Gasteiger charge is -2.23. The van der Waals surface area contributed by atoms with Crippen LogP contribution in [0.2, 0.25) is 0 Å². The van der Waals surface area contributed by atoms with Gasteiger partial charge in [-0.3, -0.25) is 4.79 Å². The lowest BCUT2D eigenvalue weighted by atomic mass is 10.1. The largest absolute Gasteiger partial charge is 0.451 e. The Balaban J connectivity index is 1.69. The van der Waals surface area contributed by atoms with Gasteiger partial charge in [0, 0.05) is 43.4 Å². The van der Waals surface area contributed by atoms with Crippen LogP contribution < -0.4 is 10.2 Å². The third-order valence-electron chi connectivity index (χ3n) is 4.61. The lowest BCUT2D eigenvalue weighted by Crippen LogP contribution is -2.35. The van der Waals surface area contributed by atoms with Gasteiger partial charge in [0.2, 0.25) is 0 Å². The number of benzene rings is 2. The maximum absolute atomic E-state index is 12.7. The van der Waals surface area contributed by atoms with Crippen molar-refractivity contribution in [2.45, 2.75) is 20.5 Å². The number of aryl methyl sites for hydroxylation is 1. The van der Waals surface area contributed by atoms with Gasteiger partial charge in [-0.15, -0.1) is 0 Å². The van der Waals surface area contributed by atoms with E-state index in [1.807, 2.05) is 24.3 Å². The van der Waals surface area contributed by atoms with Crippen LogP contribution in [0, 0.1) is 6.92 Å². The third-order valence-corrected chi connectivity index (χ3v) is 4.61. The summed E-state index contributed by atoms with van der Waals surface area (Å²) in [6.07, 6.45) is 0. The highest BCUT2D eigenvalue weighted by molar-refractivity contribution is 5.99. The van der Waals surface area contributed by atoms with E-state index in [4.69, 9.17) is 9.15 Å². The number of carbonyl (C=O) groups is 1. The van der Waals surface area contributed by atoms with Crippen molar-refractivity contribution < 1.29 is 13.9 Å². The van der Waals surface area contributed by atoms with Crippen molar-refractivity contribution in [3.05, 3.63) is 65.4 Å². The Labute approximate surface area is 159 Å². The number of likely N-dealkylation sites (N-methyl/N-ethyl adjacent to an activating group) is 1. The molecule has 5 nitrogen and oxygen atoms in total. The number of rotatable bonds is 8. The molecule has 0 fully saturated rings. The first-order valence-electron chi connectivity index (χ1n) is 9.23. The second kappa shape index (κ2) is 8.73. The summed E-state index contributed by atoms with van der Waals surface area (Å²) >= 11 is 0. The SMILES string of the molecule is CCN(CCNC(=O)c1oc2ccccc2c1COC)c1cccc(C)c1. The second-order valence-electron chi connectivity index (χ2n) is 6.51. The molecule has 5 heteroatoms. The zero-order chi connectivity index (χ0) is 19.2. The molecular weight excluding hydrogens is 340 g/mol. The number of hydrogen-bond acceptors (Lipinski definition) is 4. The Morgan fingerprint density at radius 2 is 2.00 bits per heavy atom. The minimum Gasteiger partial charge on any atom is -0.451 e. The number of amides is 1. The molecule has 3 aromatic rings. The fourth-order valence-corrected chi connectivity index (χ4v) is 3.25. The van der Waals surface area contributed by atoms with Crippen molar-refractivity contribution in [3.63, 3.8) is 0 Å². The summed E-state index contributed by atoms with van der Waals surface area (Å²) in [6, 6.07) is 16.0. The first-order chi connectivity index (χ1) is 13.1. The molecule has 0 spiro atoms. The number of furan rings is 1. The molecule has 142 valence electrons. The minimum atomic E-state index is -0.210. The highest BCUT2D eigenvalue weighted by Gasteiger charge is 2.20. The van der Waals surface area contributed by atoms with Crippen molar-refractivity contribution in [2.75, 3.05) is 31.6 Å². The lowest BCUT2D eigenvalue weighted by molar-refractivity contribution is 0.0922. The summed E-state index contributed by atoms with van der Waals surface area (Å²) in [7, 11) is 1.62. The van der Waals surface area contributed by atoms with Gasteiger partial charge < -0.3 is 19.4 Å². The quantitative estimate of drug-likeness (QED) is 0.651. The smallest absolute Gasteiger partial charge is 0.287 e. The molecule has 1 N–H and O–H groups in total. The number of methoxy groups -OCH3 is 1. The molecule has 0 saturated heterocycles. The molecule has 0 aliphatic heterocycles. The number of nitrogens with zero attached hydrogens (tertiary/aromatic N) is 1. The molecule has 0 radical (unpaired) electrons. The van der Waals surface area contributed by atoms with Gasteiger partial charge in [-0.05, 0) is 37.6 Å². The summed E-state index contributed by atoms with van der Waals surface area (Å²) in [6.45, 7) is 6.66. The Kier molecular flexibility index (Phi) is 6.14. The summed E-state index contributed by atoms with van der Waals surface area (Å²) in [5.74, 6) is 0.121. The predicted octanol–water partition coefficient (Wildman–Crippen LogP) is 4.14. The molecule has 3 rings (SSSR count). The summed E-state index contributed by atoms with van der Waals surface area (Å²) in [5.41, 5.74) is 3.87. The standard InChI is InChI=1S/C22H26N2O3/c1-4-24(17-9-7-8-16(2)14-17)13-12-23-22(25)21-19(15-26-3)18-10-5-6-11-20(18)27-21/h5-11,14H,4,12-13,15H2,1-3H3,(H,23,25). The van der Waals surface area contributed by atoms with Crippen molar-refractivity contribution in [2.24, 2.45) is 0 Å². The van der Waals surface area contributed by atoms with Gasteiger partial charge in [0.15, 0.2) is 5.76 Å². The zero-order valence-corrected chi connectivity index (χ0v) is 16.1. The van der Waals surface area contributed by atoms with Gasteiger partial charge in [-0.25, -0.2) is 0 Å². The van der Waals surface area contributed by atoms with Crippen LogP contribution in [0.4, 0.5) is 5.69 Å². The topological polar surface area (TPSA) is 54.7 Å². The molecule has 0 saturated carbocycles. The monoisotopic (exact) mass is 366 g/mol. The van der Waals surface area contributed by atoms with E-state index in [-0.39, 0.29) is 5.91 Å². The van der Waals surface area contributed by atoms with E-state index in [9.17, 15) is 4.79 Å². The number of carbonyl (C=O) groups excluding carboxylic acids is 1. The van der Waals surface area contributed by atoms with Crippen molar-refractivity contribution in [3.8, 4) is 0 Å².